The number of nitrogens with zero attached hydrogens (tertiary/aromatic N) is 1. The zero-order valence-electron chi connectivity index (χ0n) is 20.1. The minimum atomic E-state index is -0.312. The molecule has 0 saturated carbocycles. The van der Waals surface area contributed by atoms with Crippen molar-refractivity contribution in [3.8, 4) is 11.5 Å². The summed E-state index contributed by atoms with van der Waals surface area (Å²) < 4.78 is 12.0. The summed E-state index contributed by atoms with van der Waals surface area (Å²) in [6.45, 7) is 2.61. The Morgan fingerprint density at radius 2 is 1.81 bits per heavy atom. The number of rotatable bonds is 10. The molecule has 1 heterocycles. The quantitative estimate of drug-likeness (QED) is 0.238. The van der Waals surface area contributed by atoms with E-state index in [1.165, 1.54) is 11.8 Å². The van der Waals surface area contributed by atoms with Crippen LogP contribution in [0.5, 0.6) is 11.5 Å². The first kappa shape index (κ1) is 26.7. The molecule has 37 heavy (non-hydrogen) atoms. The van der Waals surface area contributed by atoms with Crippen LogP contribution in [0.25, 0.3) is 6.08 Å². The van der Waals surface area contributed by atoms with Crippen LogP contribution in [0, 0.1) is 0 Å². The number of nitrogens with one attached hydrogen (secondary N) is 1. The molecule has 0 unspecified atom stereocenters. The Morgan fingerprint density at radius 1 is 1.05 bits per heavy atom. The maximum Gasteiger partial charge on any atom is 0.266 e. The van der Waals surface area contributed by atoms with Crippen LogP contribution < -0.4 is 14.8 Å². The van der Waals surface area contributed by atoms with Gasteiger partial charge < -0.3 is 14.8 Å². The zero-order valence-corrected chi connectivity index (χ0v) is 22.5. The van der Waals surface area contributed by atoms with Crippen molar-refractivity contribution in [1.29, 1.82) is 0 Å². The van der Waals surface area contributed by atoms with Crippen LogP contribution in [0.15, 0.2) is 77.7 Å². The van der Waals surface area contributed by atoms with E-state index in [0.717, 1.165) is 17.5 Å². The molecule has 1 saturated heterocycles. The molecular formula is C28H25ClN2O4S2. The number of amides is 2. The van der Waals surface area contributed by atoms with Crippen molar-refractivity contribution in [3.63, 3.8) is 0 Å². The van der Waals surface area contributed by atoms with Gasteiger partial charge in [0.25, 0.3) is 11.8 Å². The summed E-state index contributed by atoms with van der Waals surface area (Å²) in [4.78, 5) is 27.5. The predicted molar refractivity (Wildman–Crippen MR) is 153 cm³/mol. The van der Waals surface area contributed by atoms with Gasteiger partial charge in [-0.3, -0.25) is 14.5 Å². The first-order valence-corrected chi connectivity index (χ1v) is 13.3. The Hall–Kier alpha value is -3.33. The number of carbonyl (C=O) groups excluding carboxylic acids is 2. The number of thiocarbonyl (C=S) groups is 1. The van der Waals surface area contributed by atoms with Crippen LogP contribution in [0.1, 0.15) is 18.1 Å². The first-order valence-electron chi connectivity index (χ1n) is 11.7. The standard InChI is InChI=1S/C28H25ClN2O4S2/c1-2-34-24-16-20(8-13-23(24)35-18-26(32)30-22-11-9-21(29)10-12-22)17-25-27(33)31(28(36)37-25)15-14-19-6-4-3-5-7-19/h3-13,16-17H,2,14-15,18H2,1H3,(H,30,32)/b25-17-. The third-order valence-electron chi connectivity index (χ3n) is 5.39. The molecule has 0 atom stereocenters. The normalized spacial score (nSPS) is 14.2. The van der Waals surface area contributed by atoms with E-state index in [9.17, 15) is 9.59 Å². The maximum absolute atomic E-state index is 13.0. The van der Waals surface area contributed by atoms with Gasteiger partial charge in [0.15, 0.2) is 18.1 Å². The molecule has 9 heteroatoms. The van der Waals surface area contributed by atoms with Gasteiger partial charge in [-0.05, 0) is 66.9 Å². The average molecular weight is 553 g/mol. The molecule has 3 aromatic carbocycles. The highest BCUT2D eigenvalue weighted by Gasteiger charge is 2.31. The number of halogens is 1. The summed E-state index contributed by atoms with van der Waals surface area (Å²) in [7, 11) is 0. The van der Waals surface area contributed by atoms with Crippen molar-refractivity contribution in [1.82, 2.24) is 4.90 Å². The van der Waals surface area contributed by atoms with Crippen molar-refractivity contribution in [2.75, 3.05) is 25.1 Å². The third-order valence-corrected chi connectivity index (χ3v) is 7.02. The minimum Gasteiger partial charge on any atom is -0.490 e. The predicted octanol–water partition coefficient (Wildman–Crippen LogP) is 6.20. The molecule has 4 rings (SSSR count). The second-order valence-electron chi connectivity index (χ2n) is 8.05. The van der Waals surface area contributed by atoms with E-state index < -0.39 is 0 Å². The van der Waals surface area contributed by atoms with Crippen LogP contribution in [-0.2, 0) is 16.0 Å². The van der Waals surface area contributed by atoms with E-state index in [-0.39, 0.29) is 18.4 Å². The lowest BCUT2D eigenvalue weighted by Gasteiger charge is -2.14. The van der Waals surface area contributed by atoms with E-state index in [1.54, 1.807) is 47.4 Å². The lowest BCUT2D eigenvalue weighted by molar-refractivity contribution is -0.122. The van der Waals surface area contributed by atoms with Gasteiger partial charge in [-0.2, -0.15) is 0 Å². The van der Waals surface area contributed by atoms with Gasteiger partial charge in [0, 0.05) is 17.3 Å². The summed E-state index contributed by atoms with van der Waals surface area (Å²) in [5.74, 6) is 0.492. The second-order valence-corrected chi connectivity index (χ2v) is 10.2. The molecule has 0 spiro atoms. The van der Waals surface area contributed by atoms with Crippen LogP contribution in [0.2, 0.25) is 5.02 Å². The Morgan fingerprint density at radius 3 is 2.54 bits per heavy atom. The van der Waals surface area contributed by atoms with Crippen LogP contribution in [-0.4, -0.2) is 40.8 Å². The van der Waals surface area contributed by atoms with Gasteiger partial charge in [-0.15, -0.1) is 0 Å². The van der Waals surface area contributed by atoms with E-state index in [1.807, 2.05) is 43.3 Å². The number of carbonyl (C=O) groups is 2. The molecule has 190 valence electrons. The van der Waals surface area contributed by atoms with Crippen molar-refractivity contribution < 1.29 is 19.1 Å². The summed E-state index contributed by atoms with van der Waals surface area (Å²) in [6.07, 6.45) is 2.52. The van der Waals surface area contributed by atoms with Crippen LogP contribution in [0.3, 0.4) is 0 Å². The number of thioether (sulfide) groups is 1. The van der Waals surface area contributed by atoms with E-state index in [2.05, 4.69) is 5.32 Å². The maximum atomic E-state index is 13.0. The molecule has 1 aliphatic heterocycles. The Labute approximate surface area is 230 Å². The van der Waals surface area contributed by atoms with Crippen molar-refractivity contribution in [3.05, 3.63) is 93.9 Å². The van der Waals surface area contributed by atoms with E-state index in [0.29, 0.717) is 44.6 Å². The van der Waals surface area contributed by atoms with E-state index >= 15 is 0 Å². The van der Waals surface area contributed by atoms with Gasteiger partial charge in [0.05, 0.1) is 11.5 Å². The fraction of sp³-hybridized carbons (Fsp3) is 0.179. The highest BCUT2D eigenvalue weighted by atomic mass is 35.5. The fourth-order valence-corrected chi connectivity index (χ4v) is 5.04. The summed E-state index contributed by atoms with van der Waals surface area (Å²) in [6, 6.07) is 22.1. The number of hydrogen-bond donors (Lipinski definition) is 1. The highest BCUT2D eigenvalue weighted by Crippen LogP contribution is 2.35. The Kier molecular flexibility index (Phi) is 9.22. The van der Waals surface area contributed by atoms with Gasteiger partial charge >= 0.3 is 0 Å². The highest BCUT2D eigenvalue weighted by molar-refractivity contribution is 8.26. The molecule has 1 aliphatic rings. The van der Waals surface area contributed by atoms with Gasteiger partial charge in [0.1, 0.15) is 4.32 Å². The number of anilines is 1. The summed E-state index contributed by atoms with van der Waals surface area (Å²) >= 11 is 12.6. The number of hydrogen-bond acceptors (Lipinski definition) is 6. The minimum absolute atomic E-state index is 0.108. The lowest BCUT2D eigenvalue weighted by Crippen LogP contribution is -2.30. The number of ether oxygens (including phenoxy) is 2. The van der Waals surface area contributed by atoms with Gasteiger partial charge in [-0.1, -0.05) is 72.0 Å². The molecule has 0 radical (unpaired) electrons. The molecule has 0 aliphatic carbocycles. The summed E-state index contributed by atoms with van der Waals surface area (Å²) in [5, 5.41) is 3.34. The lowest BCUT2D eigenvalue weighted by atomic mass is 10.1. The largest absolute Gasteiger partial charge is 0.490 e. The molecule has 1 fully saturated rings. The van der Waals surface area contributed by atoms with Gasteiger partial charge in [-0.25, -0.2) is 0 Å². The summed E-state index contributed by atoms with van der Waals surface area (Å²) in [5.41, 5.74) is 2.55. The third kappa shape index (κ3) is 7.35. The SMILES string of the molecule is CCOc1cc(/C=C2\SC(=S)N(CCc3ccccc3)C2=O)ccc1OCC(=O)Nc1ccc(Cl)cc1. The molecule has 1 N–H and O–H groups in total. The monoisotopic (exact) mass is 552 g/mol. The Balaban J connectivity index is 1.40. The second kappa shape index (κ2) is 12.8. The smallest absolute Gasteiger partial charge is 0.266 e. The van der Waals surface area contributed by atoms with Crippen molar-refractivity contribution in [2.45, 2.75) is 13.3 Å². The Bertz CT molecular complexity index is 1310. The van der Waals surface area contributed by atoms with Gasteiger partial charge in [0.2, 0.25) is 0 Å². The zero-order chi connectivity index (χ0) is 26.2. The molecule has 6 nitrogen and oxygen atoms in total. The molecular weight excluding hydrogens is 528 g/mol. The molecule has 0 bridgehead atoms. The van der Waals surface area contributed by atoms with Crippen molar-refractivity contribution in [2.24, 2.45) is 0 Å². The number of benzene rings is 3. The molecule has 3 aromatic rings. The van der Waals surface area contributed by atoms with Crippen LogP contribution in [0.4, 0.5) is 5.69 Å². The first-order chi connectivity index (χ1) is 17.9. The van der Waals surface area contributed by atoms with E-state index in [4.69, 9.17) is 33.3 Å². The molecule has 0 aromatic heterocycles. The van der Waals surface area contributed by atoms with Crippen LogP contribution >= 0.6 is 35.6 Å². The average Bonchev–Trinajstić information content (AvgIpc) is 3.16. The fourth-order valence-electron chi connectivity index (χ4n) is 3.61. The molecule has 2 amide bonds. The topological polar surface area (TPSA) is 67.9 Å². The van der Waals surface area contributed by atoms with Crippen molar-refractivity contribution >= 4 is 63.5 Å².